The van der Waals surface area contributed by atoms with Crippen LogP contribution in [0.25, 0.3) is 0 Å². The Bertz CT molecular complexity index is 522. The third-order valence-corrected chi connectivity index (χ3v) is 4.67. The summed E-state index contributed by atoms with van der Waals surface area (Å²) in [4.78, 5) is 16.2. The predicted octanol–water partition coefficient (Wildman–Crippen LogP) is 2.42. The number of nitrogens with one attached hydrogen (secondary N) is 1. The van der Waals surface area contributed by atoms with Gasteiger partial charge in [0.1, 0.15) is 6.04 Å². The Balaban J connectivity index is 2.23. The van der Waals surface area contributed by atoms with Crippen LogP contribution >= 0.6 is 23.2 Å². The van der Waals surface area contributed by atoms with E-state index in [0.29, 0.717) is 16.6 Å². The van der Waals surface area contributed by atoms with Gasteiger partial charge in [-0.3, -0.25) is 9.69 Å². The lowest BCUT2D eigenvalue weighted by Gasteiger charge is -2.40. The lowest BCUT2D eigenvalue weighted by Crippen LogP contribution is -2.58. The van der Waals surface area contributed by atoms with Crippen molar-refractivity contribution in [2.45, 2.75) is 19.0 Å². The van der Waals surface area contributed by atoms with Crippen LogP contribution < -0.4 is 5.32 Å². The topological polar surface area (TPSA) is 35.6 Å². The maximum Gasteiger partial charge on any atom is 0.240 e. The predicted molar refractivity (Wildman–Crippen MR) is 86.9 cm³/mol. The van der Waals surface area contributed by atoms with Crippen molar-refractivity contribution in [2.75, 3.05) is 33.7 Å². The van der Waals surface area contributed by atoms with Gasteiger partial charge >= 0.3 is 0 Å². The highest BCUT2D eigenvalue weighted by Gasteiger charge is 2.33. The van der Waals surface area contributed by atoms with E-state index in [9.17, 15) is 4.79 Å². The Labute approximate surface area is 136 Å². The van der Waals surface area contributed by atoms with E-state index in [1.165, 1.54) is 0 Å². The zero-order chi connectivity index (χ0) is 15.6. The summed E-state index contributed by atoms with van der Waals surface area (Å²) in [6.07, 6.45) is 0. The molecule has 1 aliphatic rings. The minimum atomic E-state index is -0.154. The molecule has 0 spiro atoms. The number of nitrogens with zero attached hydrogens (tertiary/aromatic N) is 2. The fourth-order valence-corrected chi connectivity index (χ4v) is 2.98. The van der Waals surface area contributed by atoms with Crippen molar-refractivity contribution in [3.63, 3.8) is 0 Å². The van der Waals surface area contributed by atoms with Crippen LogP contribution in [0.4, 0.5) is 0 Å². The molecule has 0 saturated carbocycles. The number of amides is 1. The maximum absolute atomic E-state index is 12.4. The summed E-state index contributed by atoms with van der Waals surface area (Å²) in [5.41, 5.74) is 1.07. The second-order valence-corrected chi connectivity index (χ2v) is 6.35. The normalized spacial score (nSPS) is 21.1. The summed E-state index contributed by atoms with van der Waals surface area (Å²) in [6, 6.07) is 5.61. The first kappa shape index (κ1) is 16.6. The van der Waals surface area contributed by atoms with E-state index in [2.05, 4.69) is 17.1 Å². The number of halogens is 2. The second-order valence-electron chi connectivity index (χ2n) is 5.54. The van der Waals surface area contributed by atoms with Crippen molar-refractivity contribution in [3.8, 4) is 0 Å². The standard InChI is InChI=1S/C15H21Cl2N3O/c1-10(11-4-5-12(16)13(17)8-11)20-7-6-18-9-14(20)15(21)19(2)3/h4-5,8,10,14,18H,6-7,9H2,1-3H3. The molecule has 0 bridgehead atoms. The van der Waals surface area contributed by atoms with Gasteiger partial charge in [0.25, 0.3) is 0 Å². The summed E-state index contributed by atoms with van der Waals surface area (Å²) in [6.45, 7) is 4.47. The highest BCUT2D eigenvalue weighted by Crippen LogP contribution is 2.29. The Morgan fingerprint density at radius 1 is 1.38 bits per heavy atom. The summed E-state index contributed by atoms with van der Waals surface area (Å²) >= 11 is 12.1. The van der Waals surface area contributed by atoms with Crippen molar-refractivity contribution in [1.29, 1.82) is 0 Å². The Kier molecular flexibility index (Phi) is 5.49. The number of hydrogen-bond donors (Lipinski definition) is 1. The Hall–Kier alpha value is -0.810. The lowest BCUT2D eigenvalue weighted by atomic mass is 10.0. The lowest BCUT2D eigenvalue weighted by molar-refractivity contribution is -0.136. The zero-order valence-electron chi connectivity index (χ0n) is 12.6. The molecule has 1 aliphatic heterocycles. The summed E-state index contributed by atoms with van der Waals surface area (Å²) in [5, 5.41) is 4.39. The van der Waals surface area contributed by atoms with Crippen LogP contribution in [-0.4, -0.2) is 55.5 Å². The molecule has 2 unspecified atom stereocenters. The van der Waals surface area contributed by atoms with E-state index in [0.717, 1.165) is 18.7 Å². The van der Waals surface area contributed by atoms with E-state index < -0.39 is 0 Å². The van der Waals surface area contributed by atoms with Gasteiger partial charge in [-0.25, -0.2) is 0 Å². The van der Waals surface area contributed by atoms with Gasteiger partial charge in [0.05, 0.1) is 10.0 Å². The van der Waals surface area contributed by atoms with Gasteiger partial charge in [0.15, 0.2) is 0 Å². The van der Waals surface area contributed by atoms with Gasteiger partial charge < -0.3 is 10.2 Å². The molecule has 1 fully saturated rings. The third kappa shape index (κ3) is 3.69. The summed E-state index contributed by atoms with van der Waals surface area (Å²) < 4.78 is 0. The molecule has 6 heteroatoms. The van der Waals surface area contributed by atoms with Gasteiger partial charge in [-0.1, -0.05) is 29.3 Å². The van der Waals surface area contributed by atoms with E-state index in [4.69, 9.17) is 23.2 Å². The minimum Gasteiger partial charge on any atom is -0.347 e. The van der Waals surface area contributed by atoms with Crippen molar-refractivity contribution in [2.24, 2.45) is 0 Å². The van der Waals surface area contributed by atoms with Gasteiger partial charge in [-0.05, 0) is 24.6 Å². The second kappa shape index (κ2) is 6.97. The zero-order valence-corrected chi connectivity index (χ0v) is 14.1. The quantitative estimate of drug-likeness (QED) is 0.925. The molecular formula is C15H21Cl2N3O. The van der Waals surface area contributed by atoms with Crippen LogP contribution in [0.5, 0.6) is 0 Å². The fourth-order valence-electron chi connectivity index (χ4n) is 2.67. The van der Waals surface area contributed by atoms with Crippen LogP contribution in [0.1, 0.15) is 18.5 Å². The van der Waals surface area contributed by atoms with Crippen LogP contribution in [0.3, 0.4) is 0 Å². The van der Waals surface area contributed by atoms with Crippen LogP contribution in [0, 0.1) is 0 Å². The molecule has 1 aromatic rings. The molecule has 2 atom stereocenters. The van der Waals surface area contributed by atoms with Crippen LogP contribution in [0.15, 0.2) is 18.2 Å². The van der Waals surface area contributed by atoms with Crippen LogP contribution in [0.2, 0.25) is 10.0 Å². The largest absolute Gasteiger partial charge is 0.347 e. The molecule has 0 aliphatic carbocycles. The molecule has 1 amide bonds. The Morgan fingerprint density at radius 3 is 2.71 bits per heavy atom. The maximum atomic E-state index is 12.4. The first-order chi connectivity index (χ1) is 9.91. The summed E-state index contributed by atoms with van der Waals surface area (Å²) in [5.74, 6) is 0.120. The van der Waals surface area contributed by atoms with Crippen molar-refractivity contribution in [1.82, 2.24) is 15.1 Å². The molecule has 1 N–H and O–H groups in total. The molecule has 1 heterocycles. The SMILES string of the molecule is CC(c1ccc(Cl)c(Cl)c1)N1CCNCC1C(=O)N(C)C. The number of carbonyl (C=O) groups excluding carboxylic acids is 1. The van der Waals surface area contributed by atoms with Gasteiger partial charge in [-0.15, -0.1) is 0 Å². The van der Waals surface area contributed by atoms with Crippen molar-refractivity contribution >= 4 is 29.1 Å². The Morgan fingerprint density at radius 2 is 2.10 bits per heavy atom. The van der Waals surface area contributed by atoms with E-state index in [1.54, 1.807) is 25.1 Å². The molecule has 1 aromatic carbocycles. The first-order valence-electron chi connectivity index (χ1n) is 7.04. The number of piperazine rings is 1. The smallest absolute Gasteiger partial charge is 0.240 e. The number of carbonyl (C=O) groups is 1. The molecule has 1 saturated heterocycles. The molecule has 4 nitrogen and oxygen atoms in total. The van der Waals surface area contributed by atoms with E-state index in [1.807, 2.05) is 12.1 Å². The molecule has 2 rings (SSSR count). The number of benzene rings is 1. The highest BCUT2D eigenvalue weighted by atomic mass is 35.5. The average Bonchev–Trinajstić information content (AvgIpc) is 2.48. The number of hydrogen-bond acceptors (Lipinski definition) is 3. The fraction of sp³-hybridized carbons (Fsp3) is 0.533. The molecule has 0 aromatic heterocycles. The first-order valence-corrected chi connectivity index (χ1v) is 7.80. The van der Waals surface area contributed by atoms with Crippen molar-refractivity contribution < 1.29 is 4.79 Å². The number of rotatable bonds is 3. The van der Waals surface area contributed by atoms with Gasteiger partial charge in [-0.2, -0.15) is 0 Å². The van der Waals surface area contributed by atoms with Crippen LogP contribution in [-0.2, 0) is 4.79 Å². The molecule has 116 valence electrons. The monoisotopic (exact) mass is 329 g/mol. The van der Waals surface area contributed by atoms with E-state index >= 15 is 0 Å². The highest BCUT2D eigenvalue weighted by molar-refractivity contribution is 6.42. The van der Waals surface area contributed by atoms with E-state index in [-0.39, 0.29) is 18.0 Å². The average molecular weight is 330 g/mol. The molecule has 21 heavy (non-hydrogen) atoms. The minimum absolute atomic E-state index is 0.107. The third-order valence-electron chi connectivity index (χ3n) is 3.93. The van der Waals surface area contributed by atoms with Gasteiger partial charge in [0, 0.05) is 39.8 Å². The van der Waals surface area contributed by atoms with Gasteiger partial charge in [0.2, 0.25) is 5.91 Å². The number of likely N-dealkylation sites (N-methyl/N-ethyl adjacent to an activating group) is 1. The summed E-state index contributed by atoms with van der Waals surface area (Å²) in [7, 11) is 3.58. The molecular weight excluding hydrogens is 309 g/mol. The molecule has 0 radical (unpaired) electrons. The van der Waals surface area contributed by atoms with Crippen molar-refractivity contribution in [3.05, 3.63) is 33.8 Å².